The number of benzene rings is 3. The molecule has 0 aliphatic carbocycles. The Labute approximate surface area is 124 Å². The lowest BCUT2D eigenvalue weighted by Gasteiger charge is -2.06. The zero-order valence-corrected chi connectivity index (χ0v) is 11.5. The van der Waals surface area contributed by atoms with Crippen LogP contribution in [0.25, 0.3) is 11.1 Å². The highest BCUT2D eigenvalue weighted by Crippen LogP contribution is 2.25. The molecule has 0 heterocycles. The van der Waals surface area contributed by atoms with Gasteiger partial charge in [-0.15, -0.1) is 0 Å². The highest BCUT2D eigenvalue weighted by molar-refractivity contribution is 5.91. The van der Waals surface area contributed by atoms with Crippen LogP contribution in [0.5, 0.6) is 5.75 Å². The molecule has 0 amide bonds. The van der Waals surface area contributed by atoms with Crippen LogP contribution in [0.3, 0.4) is 0 Å². The van der Waals surface area contributed by atoms with Gasteiger partial charge in [-0.2, -0.15) is 0 Å². The average molecular weight is 273 g/mol. The molecule has 0 saturated heterocycles. The summed E-state index contributed by atoms with van der Waals surface area (Å²) < 4.78 is 0. The number of nitrogens with zero attached hydrogens (tertiary/aromatic N) is 1. The Balaban J connectivity index is 1.96. The van der Waals surface area contributed by atoms with Crippen LogP contribution in [-0.2, 0) is 0 Å². The standard InChI is InChI=1S/C19H15NO/c21-18-12-10-15(11-13-18)19-9-5-4-6-16(19)14-20-17-7-2-1-3-8-17/h1-14,21H. The maximum absolute atomic E-state index is 9.40. The summed E-state index contributed by atoms with van der Waals surface area (Å²) in [6.45, 7) is 0. The molecule has 0 unspecified atom stereocenters. The molecular formula is C19H15NO. The van der Waals surface area contributed by atoms with E-state index in [0.29, 0.717) is 0 Å². The minimum atomic E-state index is 0.272. The minimum Gasteiger partial charge on any atom is -0.508 e. The van der Waals surface area contributed by atoms with Crippen LogP contribution >= 0.6 is 0 Å². The fraction of sp³-hybridized carbons (Fsp3) is 0. The molecule has 0 aliphatic heterocycles. The molecule has 0 aliphatic rings. The third-order valence-electron chi connectivity index (χ3n) is 3.25. The van der Waals surface area contributed by atoms with E-state index in [1.807, 2.05) is 66.9 Å². The van der Waals surface area contributed by atoms with Crippen LogP contribution in [-0.4, -0.2) is 11.3 Å². The van der Waals surface area contributed by atoms with E-state index in [9.17, 15) is 5.11 Å². The van der Waals surface area contributed by atoms with Crippen LogP contribution in [0.4, 0.5) is 5.69 Å². The topological polar surface area (TPSA) is 32.6 Å². The van der Waals surface area contributed by atoms with Crippen molar-refractivity contribution >= 4 is 11.9 Å². The molecule has 2 heteroatoms. The Bertz CT molecular complexity index is 746. The zero-order chi connectivity index (χ0) is 14.5. The van der Waals surface area contributed by atoms with Crippen molar-refractivity contribution in [1.29, 1.82) is 0 Å². The van der Waals surface area contributed by atoms with E-state index in [1.54, 1.807) is 12.1 Å². The first-order valence-corrected chi connectivity index (χ1v) is 6.80. The lowest BCUT2D eigenvalue weighted by atomic mass is 10.0. The second-order valence-electron chi connectivity index (χ2n) is 4.73. The summed E-state index contributed by atoms with van der Waals surface area (Å²) in [6.07, 6.45) is 1.87. The van der Waals surface area contributed by atoms with Crippen molar-refractivity contribution < 1.29 is 5.11 Å². The molecule has 3 aromatic carbocycles. The van der Waals surface area contributed by atoms with E-state index < -0.39 is 0 Å². The summed E-state index contributed by atoms with van der Waals surface area (Å²) in [5.41, 5.74) is 4.13. The summed E-state index contributed by atoms with van der Waals surface area (Å²) in [5, 5.41) is 9.40. The maximum atomic E-state index is 9.40. The normalized spacial score (nSPS) is 10.9. The molecule has 102 valence electrons. The third kappa shape index (κ3) is 3.18. The van der Waals surface area contributed by atoms with Crippen molar-refractivity contribution in [3.63, 3.8) is 0 Å². The van der Waals surface area contributed by atoms with E-state index in [4.69, 9.17) is 0 Å². The summed E-state index contributed by atoms with van der Waals surface area (Å²) in [5.74, 6) is 0.272. The lowest BCUT2D eigenvalue weighted by Crippen LogP contribution is -1.87. The van der Waals surface area contributed by atoms with Gasteiger partial charge in [-0.1, -0.05) is 54.6 Å². The fourth-order valence-electron chi connectivity index (χ4n) is 2.17. The second-order valence-corrected chi connectivity index (χ2v) is 4.73. The molecule has 0 radical (unpaired) electrons. The van der Waals surface area contributed by atoms with Gasteiger partial charge in [-0.3, -0.25) is 4.99 Å². The Kier molecular flexibility index (Phi) is 3.79. The molecule has 0 aromatic heterocycles. The monoisotopic (exact) mass is 273 g/mol. The number of aromatic hydroxyl groups is 1. The fourth-order valence-corrected chi connectivity index (χ4v) is 2.17. The van der Waals surface area contributed by atoms with Gasteiger partial charge in [0.2, 0.25) is 0 Å². The Morgan fingerprint density at radius 1 is 0.714 bits per heavy atom. The Hall–Kier alpha value is -2.87. The van der Waals surface area contributed by atoms with Crippen molar-refractivity contribution in [2.75, 3.05) is 0 Å². The van der Waals surface area contributed by atoms with E-state index in [-0.39, 0.29) is 5.75 Å². The summed E-state index contributed by atoms with van der Waals surface area (Å²) in [6, 6.07) is 25.2. The molecule has 0 fully saturated rings. The van der Waals surface area contributed by atoms with Crippen molar-refractivity contribution in [3.8, 4) is 16.9 Å². The predicted octanol–water partition coefficient (Wildman–Crippen LogP) is 4.81. The molecule has 3 aromatic rings. The molecule has 0 saturated carbocycles. The zero-order valence-electron chi connectivity index (χ0n) is 11.5. The Morgan fingerprint density at radius 3 is 2.14 bits per heavy atom. The van der Waals surface area contributed by atoms with Gasteiger partial charge in [0.25, 0.3) is 0 Å². The highest BCUT2D eigenvalue weighted by Gasteiger charge is 2.02. The summed E-state index contributed by atoms with van der Waals surface area (Å²) in [4.78, 5) is 4.51. The van der Waals surface area contributed by atoms with Gasteiger partial charge in [0, 0.05) is 11.8 Å². The van der Waals surface area contributed by atoms with Crippen molar-refractivity contribution in [2.45, 2.75) is 0 Å². The van der Waals surface area contributed by atoms with E-state index in [1.165, 1.54) is 0 Å². The van der Waals surface area contributed by atoms with Crippen LogP contribution in [0.2, 0.25) is 0 Å². The average Bonchev–Trinajstić information content (AvgIpc) is 2.55. The van der Waals surface area contributed by atoms with Gasteiger partial charge in [0.15, 0.2) is 0 Å². The molecule has 0 spiro atoms. The number of phenols is 1. The van der Waals surface area contributed by atoms with Gasteiger partial charge in [0.1, 0.15) is 5.75 Å². The van der Waals surface area contributed by atoms with Crippen LogP contribution in [0, 0.1) is 0 Å². The molecule has 0 atom stereocenters. The maximum Gasteiger partial charge on any atom is 0.115 e. The van der Waals surface area contributed by atoms with Crippen molar-refractivity contribution in [1.82, 2.24) is 0 Å². The van der Waals surface area contributed by atoms with Gasteiger partial charge < -0.3 is 5.11 Å². The SMILES string of the molecule is Oc1ccc(-c2ccccc2C=Nc2ccccc2)cc1. The third-order valence-corrected chi connectivity index (χ3v) is 3.25. The Morgan fingerprint density at radius 2 is 1.38 bits per heavy atom. The molecule has 3 rings (SSSR count). The summed E-state index contributed by atoms with van der Waals surface area (Å²) in [7, 11) is 0. The molecule has 1 N–H and O–H groups in total. The van der Waals surface area contributed by atoms with Crippen molar-refractivity contribution in [2.24, 2.45) is 4.99 Å². The van der Waals surface area contributed by atoms with E-state index in [2.05, 4.69) is 11.1 Å². The van der Waals surface area contributed by atoms with Gasteiger partial charge in [-0.05, 0) is 35.4 Å². The number of para-hydroxylation sites is 1. The van der Waals surface area contributed by atoms with Gasteiger partial charge in [-0.25, -0.2) is 0 Å². The van der Waals surface area contributed by atoms with E-state index >= 15 is 0 Å². The molecule has 2 nitrogen and oxygen atoms in total. The largest absolute Gasteiger partial charge is 0.508 e. The number of hydrogen-bond acceptors (Lipinski definition) is 2. The molecule has 0 bridgehead atoms. The summed E-state index contributed by atoms with van der Waals surface area (Å²) >= 11 is 0. The minimum absolute atomic E-state index is 0.272. The van der Waals surface area contributed by atoms with Gasteiger partial charge >= 0.3 is 0 Å². The smallest absolute Gasteiger partial charge is 0.115 e. The van der Waals surface area contributed by atoms with Gasteiger partial charge in [0.05, 0.1) is 5.69 Å². The molecule has 21 heavy (non-hydrogen) atoms. The lowest BCUT2D eigenvalue weighted by molar-refractivity contribution is 0.475. The first-order valence-electron chi connectivity index (χ1n) is 6.80. The molecular weight excluding hydrogens is 258 g/mol. The number of aliphatic imine (C=N–C) groups is 1. The van der Waals surface area contributed by atoms with Crippen LogP contribution < -0.4 is 0 Å². The first-order chi connectivity index (χ1) is 10.3. The highest BCUT2D eigenvalue weighted by atomic mass is 16.3. The number of phenolic OH excluding ortho intramolecular Hbond substituents is 1. The quantitative estimate of drug-likeness (QED) is 0.682. The van der Waals surface area contributed by atoms with E-state index in [0.717, 1.165) is 22.4 Å². The predicted molar refractivity (Wildman–Crippen MR) is 87.2 cm³/mol. The number of rotatable bonds is 3. The van der Waals surface area contributed by atoms with Crippen LogP contribution in [0.1, 0.15) is 5.56 Å². The first kappa shape index (κ1) is 13.1. The van der Waals surface area contributed by atoms with Crippen LogP contribution in [0.15, 0.2) is 83.9 Å². The van der Waals surface area contributed by atoms with Crippen molar-refractivity contribution in [3.05, 3.63) is 84.4 Å². The number of hydrogen-bond donors (Lipinski definition) is 1. The second kappa shape index (κ2) is 6.06.